The molecule has 0 heterocycles. The number of carbonyl (C=O) groups is 2. The van der Waals surface area contributed by atoms with E-state index < -0.39 is 6.16 Å². The lowest BCUT2D eigenvalue weighted by Gasteiger charge is -2.11. The van der Waals surface area contributed by atoms with Gasteiger partial charge in [-0.1, -0.05) is 0 Å². The highest BCUT2D eigenvalue weighted by molar-refractivity contribution is 5.93. The molecule has 0 aromatic carbocycles. The van der Waals surface area contributed by atoms with Gasteiger partial charge in [0.2, 0.25) is 0 Å². The summed E-state index contributed by atoms with van der Waals surface area (Å²) in [6, 6.07) is 0. The van der Waals surface area contributed by atoms with E-state index in [0.29, 0.717) is 5.92 Å². The lowest BCUT2D eigenvalue weighted by molar-refractivity contribution is -0.122. The van der Waals surface area contributed by atoms with Gasteiger partial charge in [0, 0.05) is 11.8 Å². The van der Waals surface area contributed by atoms with Crippen LogP contribution in [0.15, 0.2) is 0 Å². The molecule has 4 heteroatoms. The Morgan fingerprint density at radius 1 is 1.58 bits per heavy atom. The maximum atomic E-state index is 11.3. The molecule has 0 aliphatic heterocycles. The summed E-state index contributed by atoms with van der Waals surface area (Å²) in [5.41, 5.74) is 0. The van der Waals surface area contributed by atoms with Crippen LogP contribution in [-0.4, -0.2) is 23.1 Å². The van der Waals surface area contributed by atoms with E-state index in [2.05, 4.69) is 4.74 Å². The van der Waals surface area contributed by atoms with Crippen molar-refractivity contribution in [2.75, 3.05) is 0 Å². The van der Waals surface area contributed by atoms with E-state index in [1.165, 1.54) is 0 Å². The summed E-state index contributed by atoms with van der Waals surface area (Å²) < 4.78 is 4.69. The number of carboxylic acid groups (broad SMARTS) is 1. The first-order valence-electron chi connectivity index (χ1n) is 4.13. The monoisotopic (exact) mass is 168 g/mol. The molecule has 4 saturated carbocycles. The summed E-state index contributed by atoms with van der Waals surface area (Å²) in [6.07, 6.45) is -0.678. The molecule has 0 aromatic rings. The SMILES string of the molecule is O=C(O)OC1C2CC3C(C2=O)C31. The fourth-order valence-electron chi connectivity index (χ4n) is 3.05. The van der Waals surface area contributed by atoms with Gasteiger partial charge in [-0.2, -0.15) is 0 Å². The molecule has 0 amide bonds. The molecule has 4 bridgehead atoms. The van der Waals surface area contributed by atoms with Crippen molar-refractivity contribution < 1.29 is 19.4 Å². The van der Waals surface area contributed by atoms with Crippen LogP contribution in [0.1, 0.15) is 6.42 Å². The van der Waals surface area contributed by atoms with Crippen LogP contribution in [0.3, 0.4) is 0 Å². The van der Waals surface area contributed by atoms with Crippen LogP contribution in [0.25, 0.3) is 0 Å². The number of hydrogen-bond donors (Lipinski definition) is 1. The molecule has 1 N–H and O–H groups in total. The lowest BCUT2D eigenvalue weighted by Crippen LogP contribution is -2.22. The largest absolute Gasteiger partial charge is 0.506 e. The van der Waals surface area contributed by atoms with Crippen molar-refractivity contribution in [1.82, 2.24) is 0 Å². The van der Waals surface area contributed by atoms with E-state index in [1.54, 1.807) is 0 Å². The summed E-state index contributed by atoms with van der Waals surface area (Å²) in [7, 11) is 0. The minimum atomic E-state index is -1.24. The minimum absolute atomic E-state index is 0.0962. The van der Waals surface area contributed by atoms with Gasteiger partial charge >= 0.3 is 6.16 Å². The maximum Gasteiger partial charge on any atom is 0.506 e. The normalized spacial score (nSPS) is 52.7. The van der Waals surface area contributed by atoms with Crippen molar-refractivity contribution in [3.63, 3.8) is 0 Å². The van der Waals surface area contributed by atoms with Crippen molar-refractivity contribution in [2.24, 2.45) is 23.7 Å². The van der Waals surface area contributed by atoms with E-state index in [4.69, 9.17) is 5.11 Å². The number of rotatable bonds is 1. The lowest BCUT2D eigenvalue weighted by atomic mass is 10.1. The molecule has 0 spiro atoms. The third-order valence-electron chi connectivity index (χ3n) is 3.46. The van der Waals surface area contributed by atoms with Gasteiger partial charge in [0.15, 0.2) is 0 Å². The van der Waals surface area contributed by atoms with Gasteiger partial charge in [-0.05, 0) is 12.3 Å². The predicted octanol–water partition coefficient (Wildman–Crippen LogP) is 0.514. The second kappa shape index (κ2) is 1.65. The first-order valence-corrected chi connectivity index (χ1v) is 4.13. The van der Waals surface area contributed by atoms with Gasteiger partial charge in [-0.25, -0.2) is 4.79 Å². The first-order chi connectivity index (χ1) is 5.70. The highest BCUT2D eigenvalue weighted by atomic mass is 16.7. The quantitative estimate of drug-likeness (QED) is 0.579. The van der Waals surface area contributed by atoms with E-state index in [1.807, 2.05) is 0 Å². The van der Waals surface area contributed by atoms with Crippen LogP contribution < -0.4 is 0 Å². The van der Waals surface area contributed by atoms with Gasteiger partial charge in [0.1, 0.15) is 11.9 Å². The van der Waals surface area contributed by atoms with Gasteiger partial charge in [0.25, 0.3) is 0 Å². The zero-order valence-electron chi connectivity index (χ0n) is 6.27. The van der Waals surface area contributed by atoms with Crippen molar-refractivity contribution in [3.05, 3.63) is 0 Å². The second-order valence-electron chi connectivity index (χ2n) is 3.86. The predicted molar refractivity (Wildman–Crippen MR) is 36.5 cm³/mol. The summed E-state index contributed by atoms with van der Waals surface area (Å²) in [5.74, 6) is 1.03. The molecule has 4 nitrogen and oxygen atoms in total. The van der Waals surface area contributed by atoms with E-state index >= 15 is 0 Å². The number of ether oxygens (including phenoxy) is 1. The Bertz CT molecular complexity index is 285. The molecule has 0 radical (unpaired) electrons. The number of Topliss-reactive ketones (excluding diaryl/α,β-unsaturated/α-hetero) is 1. The van der Waals surface area contributed by atoms with Crippen molar-refractivity contribution in [1.29, 1.82) is 0 Å². The Morgan fingerprint density at radius 2 is 2.33 bits per heavy atom. The second-order valence-corrected chi connectivity index (χ2v) is 3.86. The standard InChI is InChI=1S/C8H8O4/c9-6-3-1-2-4(6)5(2)7(3)12-8(10)11/h2-5,7H,1H2,(H,10,11). The third kappa shape index (κ3) is 0.519. The average Bonchev–Trinajstić information content (AvgIpc) is 2.34. The molecule has 4 aliphatic rings. The first kappa shape index (κ1) is 6.46. The maximum absolute atomic E-state index is 11.3. The van der Waals surface area contributed by atoms with E-state index in [9.17, 15) is 9.59 Å². The minimum Gasteiger partial charge on any atom is -0.450 e. The zero-order chi connectivity index (χ0) is 8.46. The van der Waals surface area contributed by atoms with E-state index in [0.717, 1.165) is 6.42 Å². The van der Waals surface area contributed by atoms with Gasteiger partial charge in [-0.3, -0.25) is 4.79 Å². The highest BCUT2D eigenvalue weighted by Crippen LogP contribution is 2.69. The Balaban J connectivity index is 1.84. The van der Waals surface area contributed by atoms with Crippen LogP contribution in [0.5, 0.6) is 0 Å². The summed E-state index contributed by atoms with van der Waals surface area (Å²) in [5, 5.41) is 8.40. The Morgan fingerprint density at radius 3 is 2.67 bits per heavy atom. The molecule has 64 valence electrons. The Hall–Kier alpha value is -1.06. The van der Waals surface area contributed by atoms with Gasteiger partial charge in [0.05, 0.1) is 5.92 Å². The number of ketones is 1. The fourth-order valence-corrected chi connectivity index (χ4v) is 3.05. The smallest absolute Gasteiger partial charge is 0.450 e. The van der Waals surface area contributed by atoms with Crippen molar-refractivity contribution in [2.45, 2.75) is 12.5 Å². The third-order valence-corrected chi connectivity index (χ3v) is 3.46. The molecule has 0 saturated heterocycles. The van der Waals surface area contributed by atoms with Gasteiger partial charge < -0.3 is 9.84 Å². The van der Waals surface area contributed by atoms with Crippen molar-refractivity contribution in [3.8, 4) is 0 Å². The Kier molecular flexibility index (Phi) is 0.888. The molecule has 12 heavy (non-hydrogen) atoms. The number of hydrogen-bond acceptors (Lipinski definition) is 3. The van der Waals surface area contributed by atoms with E-state index in [-0.39, 0.29) is 29.6 Å². The molecule has 4 rings (SSSR count). The summed E-state index contributed by atoms with van der Waals surface area (Å²) >= 11 is 0. The molecule has 0 aromatic heterocycles. The molecular weight excluding hydrogens is 160 g/mol. The topological polar surface area (TPSA) is 63.6 Å². The Labute approximate surface area is 68.5 Å². The number of carbonyl (C=O) groups excluding carboxylic acids is 1. The molecule has 4 aliphatic carbocycles. The molecule has 4 fully saturated rings. The van der Waals surface area contributed by atoms with Crippen molar-refractivity contribution >= 4 is 11.9 Å². The summed E-state index contributed by atoms with van der Waals surface area (Å²) in [4.78, 5) is 21.6. The fraction of sp³-hybridized carbons (Fsp3) is 0.750. The highest BCUT2D eigenvalue weighted by Gasteiger charge is 2.75. The molecular formula is C8H8O4. The van der Waals surface area contributed by atoms with Gasteiger partial charge in [-0.15, -0.1) is 0 Å². The zero-order valence-corrected chi connectivity index (χ0v) is 6.27. The van der Waals surface area contributed by atoms with Crippen LogP contribution in [-0.2, 0) is 9.53 Å². The summed E-state index contributed by atoms with van der Waals surface area (Å²) in [6.45, 7) is 0. The van der Waals surface area contributed by atoms with Crippen LogP contribution in [0, 0.1) is 23.7 Å². The van der Waals surface area contributed by atoms with Crippen LogP contribution in [0.4, 0.5) is 4.79 Å². The average molecular weight is 168 g/mol. The van der Waals surface area contributed by atoms with Crippen LogP contribution in [0.2, 0.25) is 0 Å². The van der Waals surface area contributed by atoms with Crippen LogP contribution >= 0.6 is 0 Å². The molecule has 5 atom stereocenters. The molecule has 5 unspecified atom stereocenters.